The molecular formula is C45H66N6O11. The number of nitrogen functional groups attached to an aromatic ring is 1. The maximum Gasteiger partial charge on any atom is 0.316 e. The summed E-state index contributed by atoms with van der Waals surface area (Å²) in [5.41, 5.74) is 5.22. The van der Waals surface area contributed by atoms with Gasteiger partial charge in [0.2, 0.25) is 5.91 Å². The molecule has 17 nitrogen and oxygen atoms in total. The molecule has 3 aliphatic heterocycles. The van der Waals surface area contributed by atoms with E-state index in [1.807, 2.05) is 45.0 Å². The number of aliphatic imine (C=N–C) groups is 1. The zero-order valence-electron chi connectivity index (χ0n) is 37.9. The molecule has 0 spiro atoms. The fraction of sp³-hybridized carbons (Fsp3) is 0.667. The van der Waals surface area contributed by atoms with E-state index in [2.05, 4.69) is 20.1 Å². The molecule has 3 aliphatic rings. The predicted octanol–water partition coefficient (Wildman–Crippen LogP) is 4.16. The highest BCUT2D eigenvalue weighted by Crippen LogP contribution is 2.40. The highest BCUT2D eigenvalue weighted by atomic mass is 16.7. The second-order valence-electron chi connectivity index (χ2n) is 17.8. The molecule has 1 amide bonds. The number of Topliss-reactive ketones (excluding diaryl/α,β-unsaturated/α-hetero) is 1. The Balaban J connectivity index is 1.62. The summed E-state index contributed by atoms with van der Waals surface area (Å²) < 4.78 is 32.5. The zero-order chi connectivity index (χ0) is 45.7. The number of likely N-dealkylation sites (N-methyl/N-ethyl adjacent to an activating group) is 1. The van der Waals surface area contributed by atoms with Gasteiger partial charge < -0.3 is 49.4 Å². The van der Waals surface area contributed by atoms with E-state index in [0.29, 0.717) is 34.9 Å². The van der Waals surface area contributed by atoms with Crippen LogP contribution in [0.3, 0.4) is 0 Å². The summed E-state index contributed by atoms with van der Waals surface area (Å²) in [6, 6.07) is 8.61. The fourth-order valence-electron chi connectivity index (χ4n) is 9.06. The minimum absolute atomic E-state index is 0.0214. The molecule has 2 aromatic rings. The summed E-state index contributed by atoms with van der Waals surface area (Å²) in [5.74, 6) is -5.01. The van der Waals surface area contributed by atoms with E-state index in [-0.39, 0.29) is 50.5 Å². The van der Waals surface area contributed by atoms with Crippen molar-refractivity contribution in [1.82, 2.24) is 14.9 Å². The van der Waals surface area contributed by atoms with Crippen LogP contribution in [0.1, 0.15) is 87.1 Å². The largest absolute Gasteiger partial charge is 0.459 e. The van der Waals surface area contributed by atoms with Crippen LogP contribution in [0.15, 0.2) is 46.7 Å². The van der Waals surface area contributed by atoms with Gasteiger partial charge in [-0.25, -0.2) is 9.98 Å². The molecule has 4 N–H and O–H groups in total. The van der Waals surface area contributed by atoms with Crippen LogP contribution in [0.25, 0.3) is 11.4 Å². The summed E-state index contributed by atoms with van der Waals surface area (Å²) in [7, 11) is 3.72. The quantitative estimate of drug-likeness (QED) is 0.192. The first kappa shape index (κ1) is 48.8. The number of hydrogen-bond donors (Lipinski definition) is 3. The summed E-state index contributed by atoms with van der Waals surface area (Å²) in [6.07, 6.45) is -3.57. The Labute approximate surface area is 364 Å². The van der Waals surface area contributed by atoms with Crippen molar-refractivity contribution in [2.75, 3.05) is 33.0 Å². The van der Waals surface area contributed by atoms with Crippen LogP contribution >= 0.6 is 0 Å². The number of carbonyl (C=O) groups is 3. The third-order valence-electron chi connectivity index (χ3n) is 12.4. The molecule has 0 aromatic carbocycles. The maximum absolute atomic E-state index is 14.5. The lowest BCUT2D eigenvalue weighted by Gasteiger charge is -2.47. The van der Waals surface area contributed by atoms with Crippen LogP contribution in [-0.4, -0.2) is 136 Å². The lowest BCUT2D eigenvalue weighted by molar-refractivity contribution is -0.296. The van der Waals surface area contributed by atoms with Crippen LogP contribution in [0, 0.1) is 23.7 Å². The number of aliphatic hydroxyl groups excluding tert-OH is 1. The first-order chi connectivity index (χ1) is 29.2. The van der Waals surface area contributed by atoms with Gasteiger partial charge in [-0.1, -0.05) is 45.0 Å². The smallest absolute Gasteiger partial charge is 0.316 e. The number of nitrogens with two attached hydrogens (primary N) is 1. The Morgan fingerprint density at radius 3 is 2.40 bits per heavy atom. The number of nitrogens with zero attached hydrogens (tertiary/aromatic N) is 5. The summed E-state index contributed by atoms with van der Waals surface area (Å²) in [6.45, 7) is 14.7. The van der Waals surface area contributed by atoms with Crippen molar-refractivity contribution >= 4 is 34.9 Å². The van der Waals surface area contributed by atoms with Gasteiger partial charge in [-0.15, -0.1) is 0 Å². The number of hydrogen-bond acceptors (Lipinski definition) is 16. The summed E-state index contributed by atoms with van der Waals surface area (Å²) in [4.78, 5) is 62.4. The number of pyridine rings is 2. The van der Waals surface area contributed by atoms with Gasteiger partial charge in [0.1, 0.15) is 41.9 Å². The van der Waals surface area contributed by atoms with Crippen LogP contribution in [0.4, 0.5) is 5.82 Å². The standard InChI is InChI=1S/C45H66N6O11/c1-12-35-45(9,56)41-26(4)37(48-29(7)52)24(2)19-44(8,40(27(5)38(53)28(6)42(55)61-35)62-43-39(54)34(51(10)11)18-25(3)60-43)58-23-31(22-57-41)50-59-21-30-16-17-32(47-20-30)33-14-13-15-36(46)49-33/h13-17,20,24-28,34-35,39-41,43,54,56H,12,18-19,21-23H2,1-11H3,(H2,46,49)/b48-37?,50-31+/t24-,25-,26+,27+,28-,34+,35-,39-,40-,41-,43+,44-,45-/m1/s1. The lowest BCUT2D eigenvalue weighted by Crippen LogP contribution is -2.60. The third kappa shape index (κ3) is 11.3. The first-order valence-electron chi connectivity index (χ1n) is 21.5. The van der Waals surface area contributed by atoms with Crippen LogP contribution < -0.4 is 5.73 Å². The van der Waals surface area contributed by atoms with Crippen molar-refractivity contribution in [3.05, 3.63) is 42.1 Å². The molecule has 342 valence electrons. The van der Waals surface area contributed by atoms with Crippen molar-refractivity contribution in [2.45, 2.75) is 142 Å². The van der Waals surface area contributed by atoms with Gasteiger partial charge >= 0.3 is 5.97 Å². The number of anilines is 1. The van der Waals surface area contributed by atoms with Crippen molar-refractivity contribution in [2.24, 2.45) is 33.8 Å². The molecule has 5 heterocycles. The number of aliphatic hydroxyl groups is 2. The molecule has 2 aromatic heterocycles. The number of esters is 1. The maximum atomic E-state index is 14.5. The molecule has 17 heteroatoms. The Morgan fingerprint density at radius 1 is 1.05 bits per heavy atom. The SMILES string of the molecule is CC[C@H]1OC(=O)[C@H](C)C(=O)[C@H](C)[C@@H](O[C@@H]2O[C@H](C)C[C@H](N(C)C)[C@H]2O)[C@@]2(C)C[C@@H](C)C(=NC(C)=O)[C@H](C)[C@@H](OC/C(=N\OCc3ccc(-c4cccc(N)n4)nc3)CO2)[C@]1(C)O. The molecule has 62 heavy (non-hydrogen) atoms. The topological polar surface area (TPSA) is 227 Å². The van der Waals surface area contributed by atoms with Crippen molar-refractivity contribution in [3.63, 3.8) is 0 Å². The minimum Gasteiger partial charge on any atom is -0.459 e. The predicted molar refractivity (Wildman–Crippen MR) is 231 cm³/mol. The lowest BCUT2D eigenvalue weighted by atomic mass is 9.73. The molecular weight excluding hydrogens is 801 g/mol. The Hall–Kier alpha value is -4.23. The van der Waals surface area contributed by atoms with E-state index in [4.69, 9.17) is 34.3 Å². The van der Waals surface area contributed by atoms with Gasteiger partial charge in [0.05, 0.1) is 48.5 Å². The average molecular weight is 867 g/mol. The average Bonchev–Trinajstić information content (AvgIpc) is 3.23. The van der Waals surface area contributed by atoms with Crippen LogP contribution in [0.5, 0.6) is 0 Å². The zero-order valence-corrected chi connectivity index (χ0v) is 37.9. The van der Waals surface area contributed by atoms with E-state index < -0.39 is 83.2 Å². The molecule has 13 atom stereocenters. The highest BCUT2D eigenvalue weighted by molar-refractivity contribution is 6.00. The van der Waals surface area contributed by atoms with Gasteiger partial charge in [-0.05, 0) is 85.2 Å². The van der Waals surface area contributed by atoms with E-state index >= 15 is 0 Å². The molecule has 2 bridgehead atoms. The van der Waals surface area contributed by atoms with Gasteiger partial charge in [-0.2, -0.15) is 0 Å². The van der Waals surface area contributed by atoms with Crippen molar-refractivity contribution < 1.29 is 53.1 Å². The first-order valence-corrected chi connectivity index (χ1v) is 21.5. The Bertz CT molecular complexity index is 1940. The number of rotatable bonds is 8. The van der Waals surface area contributed by atoms with E-state index in [9.17, 15) is 24.6 Å². The fourth-order valence-corrected chi connectivity index (χ4v) is 9.06. The third-order valence-corrected chi connectivity index (χ3v) is 12.4. The van der Waals surface area contributed by atoms with Gasteiger partial charge in [-0.3, -0.25) is 19.4 Å². The van der Waals surface area contributed by atoms with Gasteiger partial charge in [0.15, 0.2) is 12.1 Å². The Morgan fingerprint density at radius 2 is 1.77 bits per heavy atom. The second-order valence-corrected chi connectivity index (χ2v) is 17.8. The summed E-state index contributed by atoms with van der Waals surface area (Å²) >= 11 is 0. The number of ether oxygens (including phenoxy) is 5. The number of carbonyl (C=O) groups excluding carboxylic acids is 3. The second kappa shape index (κ2) is 20.5. The molecule has 3 fully saturated rings. The molecule has 3 saturated heterocycles. The Kier molecular flexibility index (Phi) is 16.1. The van der Waals surface area contributed by atoms with E-state index in [1.54, 1.807) is 52.1 Å². The van der Waals surface area contributed by atoms with E-state index in [1.165, 1.54) is 20.8 Å². The van der Waals surface area contributed by atoms with Gasteiger partial charge in [0, 0.05) is 42.3 Å². The van der Waals surface area contributed by atoms with Gasteiger partial charge in [0.25, 0.3) is 0 Å². The monoisotopic (exact) mass is 866 g/mol. The normalized spacial score (nSPS) is 36.7. The van der Waals surface area contributed by atoms with Crippen LogP contribution in [-0.2, 0) is 49.5 Å². The number of aromatic nitrogens is 2. The number of ketones is 1. The number of cyclic esters (lactones) is 1. The highest BCUT2D eigenvalue weighted by Gasteiger charge is 2.53. The number of amides is 1. The molecule has 0 aliphatic carbocycles. The van der Waals surface area contributed by atoms with Crippen molar-refractivity contribution in [1.29, 1.82) is 0 Å². The molecule has 0 saturated carbocycles. The van der Waals surface area contributed by atoms with E-state index in [0.717, 1.165) is 0 Å². The molecule has 0 radical (unpaired) electrons. The van der Waals surface area contributed by atoms with Crippen LogP contribution in [0.2, 0.25) is 0 Å². The minimum atomic E-state index is -1.87. The molecule has 0 unspecified atom stereocenters. The number of fused-ring (bicyclic) bond motifs is 5. The molecule has 5 rings (SSSR count). The van der Waals surface area contributed by atoms with Crippen molar-refractivity contribution in [3.8, 4) is 11.4 Å². The number of oxime groups is 1. The summed E-state index contributed by atoms with van der Waals surface area (Å²) in [5, 5.41) is 28.6.